The first kappa shape index (κ1) is 14.3. The number of amides is 3. The van der Waals surface area contributed by atoms with E-state index in [0.29, 0.717) is 18.2 Å². The second kappa shape index (κ2) is 5.48. The first-order valence-electron chi connectivity index (χ1n) is 6.61. The molecule has 1 aromatic heterocycles. The first-order chi connectivity index (χ1) is 9.43. The van der Waals surface area contributed by atoms with Gasteiger partial charge in [0.05, 0.1) is 7.11 Å². The van der Waals surface area contributed by atoms with Gasteiger partial charge in [0.2, 0.25) is 11.8 Å². The summed E-state index contributed by atoms with van der Waals surface area (Å²) in [5, 5.41) is 2.30. The highest BCUT2D eigenvalue weighted by Crippen LogP contribution is 2.30. The molecular weight excluding hydrogens is 258 g/mol. The van der Waals surface area contributed by atoms with E-state index in [4.69, 9.17) is 4.74 Å². The maximum Gasteiger partial charge on any atom is 0.329 e. The lowest BCUT2D eigenvalue weighted by molar-refractivity contribution is -0.120. The average molecular weight is 277 g/mol. The van der Waals surface area contributed by atoms with Gasteiger partial charge in [-0.05, 0) is 24.5 Å². The summed E-state index contributed by atoms with van der Waals surface area (Å²) in [6.07, 6.45) is 0.279. The highest BCUT2D eigenvalue weighted by atomic mass is 16.5. The molecule has 2 rings (SSSR count). The van der Waals surface area contributed by atoms with E-state index < -0.39 is 6.03 Å². The van der Waals surface area contributed by atoms with E-state index >= 15 is 0 Å². The van der Waals surface area contributed by atoms with Gasteiger partial charge in [0.1, 0.15) is 5.82 Å². The Labute approximate surface area is 118 Å². The Bertz CT molecular complexity index is 555. The van der Waals surface area contributed by atoms with Crippen molar-refractivity contribution in [2.45, 2.75) is 33.1 Å². The standard InChI is InChI=1S/C14H19N3O3/c1-8(2)10-7-9(3)12(16-13(10)20-4)17-6-5-11(18)15-14(17)19/h7-8H,5-6H2,1-4H3,(H,15,18,19). The smallest absolute Gasteiger partial charge is 0.329 e. The minimum Gasteiger partial charge on any atom is -0.481 e. The summed E-state index contributed by atoms with van der Waals surface area (Å²) < 4.78 is 5.31. The largest absolute Gasteiger partial charge is 0.481 e. The predicted octanol–water partition coefficient (Wildman–Crippen LogP) is 1.97. The Balaban J connectivity index is 2.42. The maximum atomic E-state index is 11.9. The Morgan fingerprint density at radius 1 is 1.40 bits per heavy atom. The van der Waals surface area contributed by atoms with Gasteiger partial charge in [-0.2, -0.15) is 4.98 Å². The number of anilines is 1. The Morgan fingerprint density at radius 2 is 2.10 bits per heavy atom. The molecule has 0 aliphatic carbocycles. The zero-order chi connectivity index (χ0) is 14.9. The maximum absolute atomic E-state index is 11.9. The van der Waals surface area contributed by atoms with Gasteiger partial charge < -0.3 is 4.74 Å². The third-order valence-corrected chi connectivity index (χ3v) is 3.30. The summed E-state index contributed by atoms with van der Waals surface area (Å²) >= 11 is 0. The summed E-state index contributed by atoms with van der Waals surface area (Å²) in [7, 11) is 1.56. The molecule has 0 saturated carbocycles. The van der Waals surface area contributed by atoms with Gasteiger partial charge in [-0.25, -0.2) is 4.79 Å². The predicted molar refractivity (Wildman–Crippen MR) is 75.1 cm³/mol. The van der Waals surface area contributed by atoms with E-state index in [9.17, 15) is 9.59 Å². The molecule has 0 spiro atoms. The molecule has 0 aromatic carbocycles. The molecule has 1 fully saturated rings. The number of pyridine rings is 1. The van der Waals surface area contributed by atoms with Gasteiger partial charge in [-0.3, -0.25) is 15.0 Å². The Kier molecular flexibility index (Phi) is 3.92. The van der Waals surface area contributed by atoms with Crippen molar-refractivity contribution < 1.29 is 14.3 Å². The zero-order valence-electron chi connectivity index (χ0n) is 12.2. The van der Waals surface area contributed by atoms with Crippen LogP contribution in [0.2, 0.25) is 0 Å². The number of carbonyl (C=O) groups excluding carboxylic acids is 2. The van der Waals surface area contributed by atoms with E-state index in [0.717, 1.165) is 11.1 Å². The average Bonchev–Trinajstić information content (AvgIpc) is 2.39. The summed E-state index contributed by atoms with van der Waals surface area (Å²) in [4.78, 5) is 29.0. The van der Waals surface area contributed by atoms with Crippen molar-refractivity contribution in [2.24, 2.45) is 0 Å². The molecule has 6 heteroatoms. The van der Waals surface area contributed by atoms with Crippen LogP contribution in [0.1, 0.15) is 37.3 Å². The summed E-state index contributed by atoms with van der Waals surface area (Å²) in [6, 6.07) is 1.55. The quantitative estimate of drug-likeness (QED) is 0.917. The molecule has 1 N–H and O–H groups in total. The fourth-order valence-corrected chi connectivity index (χ4v) is 2.23. The number of nitrogens with zero attached hydrogens (tertiary/aromatic N) is 2. The monoisotopic (exact) mass is 277 g/mol. The molecule has 0 atom stereocenters. The van der Waals surface area contributed by atoms with Crippen LogP contribution in [0.4, 0.5) is 10.6 Å². The molecule has 3 amide bonds. The van der Waals surface area contributed by atoms with Crippen LogP contribution >= 0.6 is 0 Å². The summed E-state index contributed by atoms with van der Waals surface area (Å²) in [5.41, 5.74) is 1.89. The molecule has 1 aliphatic rings. The Hall–Kier alpha value is -2.11. The fourth-order valence-electron chi connectivity index (χ4n) is 2.23. The van der Waals surface area contributed by atoms with Gasteiger partial charge in [0, 0.05) is 18.5 Å². The number of carbonyl (C=O) groups is 2. The van der Waals surface area contributed by atoms with Crippen LogP contribution < -0.4 is 15.0 Å². The number of hydrogen-bond donors (Lipinski definition) is 1. The lowest BCUT2D eigenvalue weighted by Gasteiger charge is -2.27. The summed E-state index contributed by atoms with van der Waals surface area (Å²) in [5.74, 6) is 1.08. The third kappa shape index (κ3) is 2.59. The van der Waals surface area contributed by atoms with Crippen molar-refractivity contribution in [1.82, 2.24) is 10.3 Å². The van der Waals surface area contributed by atoms with Crippen molar-refractivity contribution in [1.29, 1.82) is 0 Å². The molecule has 0 unspecified atom stereocenters. The second-order valence-electron chi connectivity index (χ2n) is 5.14. The van der Waals surface area contributed by atoms with Crippen LogP contribution in [-0.4, -0.2) is 30.6 Å². The molecule has 0 bridgehead atoms. The lowest BCUT2D eigenvalue weighted by Crippen LogP contribution is -2.50. The number of ether oxygens (including phenoxy) is 1. The van der Waals surface area contributed by atoms with Gasteiger partial charge in [0.25, 0.3) is 0 Å². The lowest BCUT2D eigenvalue weighted by atomic mass is 10.0. The molecule has 20 heavy (non-hydrogen) atoms. The Morgan fingerprint density at radius 3 is 2.65 bits per heavy atom. The SMILES string of the molecule is COc1nc(N2CCC(=O)NC2=O)c(C)cc1C(C)C. The van der Waals surface area contributed by atoms with Crippen molar-refractivity contribution in [3.63, 3.8) is 0 Å². The van der Waals surface area contributed by atoms with Gasteiger partial charge in [-0.1, -0.05) is 13.8 Å². The number of hydrogen-bond acceptors (Lipinski definition) is 4. The third-order valence-electron chi connectivity index (χ3n) is 3.30. The van der Waals surface area contributed by atoms with E-state index in [1.807, 2.05) is 13.0 Å². The number of aryl methyl sites for hydroxylation is 1. The van der Waals surface area contributed by atoms with E-state index in [1.165, 1.54) is 4.90 Å². The van der Waals surface area contributed by atoms with E-state index in [-0.39, 0.29) is 18.2 Å². The van der Waals surface area contributed by atoms with Gasteiger partial charge in [-0.15, -0.1) is 0 Å². The molecular formula is C14H19N3O3. The van der Waals surface area contributed by atoms with Crippen molar-refractivity contribution in [3.05, 3.63) is 17.2 Å². The molecule has 6 nitrogen and oxygen atoms in total. The van der Waals surface area contributed by atoms with Crippen molar-refractivity contribution in [2.75, 3.05) is 18.6 Å². The number of methoxy groups -OCH3 is 1. The van der Waals surface area contributed by atoms with E-state index in [1.54, 1.807) is 7.11 Å². The molecule has 1 aromatic rings. The normalized spacial score (nSPS) is 15.6. The van der Waals surface area contributed by atoms with Crippen LogP contribution in [0.15, 0.2) is 6.07 Å². The number of rotatable bonds is 3. The van der Waals surface area contributed by atoms with Crippen LogP contribution in [0.3, 0.4) is 0 Å². The van der Waals surface area contributed by atoms with Crippen LogP contribution in [0, 0.1) is 6.92 Å². The zero-order valence-corrected chi connectivity index (χ0v) is 12.2. The highest BCUT2D eigenvalue weighted by Gasteiger charge is 2.27. The first-order valence-corrected chi connectivity index (χ1v) is 6.61. The second-order valence-corrected chi connectivity index (χ2v) is 5.14. The van der Waals surface area contributed by atoms with Crippen molar-refractivity contribution in [3.8, 4) is 5.88 Å². The number of nitrogens with one attached hydrogen (secondary N) is 1. The number of aromatic nitrogens is 1. The molecule has 1 aliphatic heterocycles. The van der Waals surface area contributed by atoms with Crippen LogP contribution in [-0.2, 0) is 4.79 Å². The van der Waals surface area contributed by atoms with Crippen LogP contribution in [0.5, 0.6) is 5.88 Å². The van der Waals surface area contributed by atoms with Crippen LogP contribution in [0.25, 0.3) is 0 Å². The number of imide groups is 1. The van der Waals surface area contributed by atoms with Gasteiger partial charge >= 0.3 is 6.03 Å². The van der Waals surface area contributed by atoms with E-state index in [2.05, 4.69) is 24.1 Å². The molecule has 1 saturated heterocycles. The van der Waals surface area contributed by atoms with Crippen molar-refractivity contribution >= 4 is 17.8 Å². The minimum atomic E-state index is -0.434. The molecule has 0 radical (unpaired) electrons. The molecule has 2 heterocycles. The van der Waals surface area contributed by atoms with Gasteiger partial charge in [0.15, 0.2) is 0 Å². The minimum absolute atomic E-state index is 0.255. The highest BCUT2D eigenvalue weighted by molar-refractivity contribution is 6.05. The fraction of sp³-hybridized carbons (Fsp3) is 0.500. The molecule has 108 valence electrons. The summed E-state index contributed by atoms with van der Waals surface area (Å²) in [6.45, 7) is 6.36. The topological polar surface area (TPSA) is 71.5 Å². The number of urea groups is 1.